The van der Waals surface area contributed by atoms with E-state index in [4.69, 9.17) is 23.7 Å². The van der Waals surface area contributed by atoms with Gasteiger partial charge in [-0.25, -0.2) is 0 Å². The molecule has 0 aliphatic rings. The predicted octanol–water partition coefficient (Wildman–Crippen LogP) is 2.82. The van der Waals surface area contributed by atoms with Crippen LogP contribution in [-0.4, -0.2) is 76.9 Å². The summed E-state index contributed by atoms with van der Waals surface area (Å²) in [5.74, 6) is -0.375. The minimum absolute atomic E-state index is 0.109. The Bertz CT molecular complexity index is 632. The van der Waals surface area contributed by atoms with Crippen molar-refractivity contribution in [3.05, 3.63) is 33.4 Å². The van der Waals surface area contributed by atoms with E-state index in [1.807, 2.05) is 32.9 Å². The Labute approximate surface area is 198 Å². The van der Waals surface area contributed by atoms with Gasteiger partial charge < -0.3 is 29.0 Å². The fourth-order valence-electron chi connectivity index (χ4n) is 2.25. The molecule has 31 heavy (non-hydrogen) atoms. The lowest BCUT2D eigenvalue weighted by atomic mass is 10.2. The van der Waals surface area contributed by atoms with E-state index in [0.29, 0.717) is 65.0 Å². The van der Waals surface area contributed by atoms with Crippen molar-refractivity contribution in [3.63, 3.8) is 0 Å². The number of carbonyl (C=O) groups excluding carboxylic acids is 2. The second-order valence-corrected chi connectivity index (χ2v) is 8.79. The van der Waals surface area contributed by atoms with Crippen molar-refractivity contribution in [3.8, 4) is 0 Å². The van der Waals surface area contributed by atoms with Crippen molar-refractivity contribution in [1.29, 1.82) is 0 Å². The Kier molecular flexibility index (Phi) is 14.7. The fraction of sp³-hybridized carbons (Fsp3) is 0.636. The number of rotatable bonds is 16. The van der Waals surface area contributed by atoms with Crippen LogP contribution in [0, 0.1) is 3.57 Å². The molecule has 8 nitrogen and oxygen atoms in total. The molecule has 0 spiro atoms. The number of esters is 1. The maximum absolute atomic E-state index is 11.9. The maximum Gasteiger partial charge on any atom is 0.308 e. The van der Waals surface area contributed by atoms with Crippen LogP contribution in [-0.2, 0) is 28.5 Å². The SMILES string of the molecule is CC(C)(C)OC(=O)CCOCCOCCOCCOCCNC(=O)c1ccc(I)cc1. The number of hydrogen-bond acceptors (Lipinski definition) is 7. The van der Waals surface area contributed by atoms with Crippen LogP contribution in [0.15, 0.2) is 24.3 Å². The molecule has 0 bridgehead atoms. The van der Waals surface area contributed by atoms with E-state index < -0.39 is 5.60 Å². The molecule has 0 fully saturated rings. The highest BCUT2D eigenvalue weighted by Gasteiger charge is 2.15. The third-order valence-electron chi connectivity index (χ3n) is 3.62. The van der Waals surface area contributed by atoms with Gasteiger partial charge in [0, 0.05) is 15.7 Å². The van der Waals surface area contributed by atoms with E-state index in [1.165, 1.54) is 0 Å². The van der Waals surface area contributed by atoms with Crippen molar-refractivity contribution >= 4 is 34.5 Å². The topological polar surface area (TPSA) is 92.3 Å². The molecule has 0 heterocycles. The van der Waals surface area contributed by atoms with Crippen molar-refractivity contribution in [2.45, 2.75) is 32.8 Å². The summed E-state index contributed by atoms with van der Waals surface area (Å²) in [5.41, 5.74) is 0.167. The number of benzene rings is 1. The van der Waals surface area contributed by atoms with Crippen LogP contribution in [0.4, 0.5) is 0 Å². The molecule has 0 aliphatic heterocycles. The summed E-state index contributed by atoms with van der Waals surface area (Å²) in [6, 6.07) is 7.38. The van der Waals surface area contributed by atoms with Gasteiger partial charge in [0.25, 0.3) is 5.91 Å². The van der Waals surface area contributed by atoms with E-state index in [2.05, 4.69) is 27.9 Å². The Hall–Kier alpha value is -1.27. The Balaban J connectivity index is 1.82. The minimum atomic E-state index is -0.470. The van der Waals surface area contributed by atoms with E-state index in [1.54, 1.807) is 12.1 Å². The number of nitrogens with one attached hydrogen (secondary N) is 1. The molecular weight excluding hydrogens is 517 g/mol. The van der Waals surface area contributed by atoms with E-state index in [-0.39, 0.29) is 18.3 Å². The van der Waals surface area contributed by atoms with Gasteiger partial charge in [0.15, 0.2) is 0 Å². The molecule has 0 aromatic heterocycles. The van der Waals surface area contributed by atoms with E-state index >= 15 is 0 Å². The summed E-state index contributed by atoms with van der Waals surface area (Å²) in [7, 11) is 0. The normalized spacial score (nSPS) is 11.4. The summed E-state index contributed by atoms with van der Waals surface area (Å²) >= 11 is 2.20. The van der Waals surface area contributed by atoms with Gasteiger partial charge in [-0.15, -0.1) is 0 Å². The lowest BCUT2D eigenvalue weighted by molar-refractivity contribution is -0.156. The van der Waals surface area contributed by atoms with Gasteiger partial charge in [0.1, 0.15) is 5.60 Å². The molecule has 1 aromatic carbocycles. The zero-order chi connectivity index (χ0) is 23.0. The predicted molar refractivity (Wildman–Crippen MR) is 125 cm³/mol. The minimum Gasteiger partial charge on any atom is -0.460 e. The highest BCUT2D eigenvalue weighted by atomic mass is 127. The first-order valence-electron chi connectivity index (χ1n) is 10.3. The average Bonchev–Trinajstić information content (AvgIpc) is 2.70. The van der Waals surface area contributed by atoms with Gasteiger partial charge >= 0.3 is 5.97 Å². The molecule has 176 valence electrons. The standard InChI is InChI=1S/C22H34INO7/c1-22(2,3)31-20(25)8-10-27-12-14-29-16-17-30-15-13-28-11-9-24-21(26)18-4-6-19(23)7-5-18/h4-7H,8-17H2,1-3H3,(H,24,26). The van der Waals surface area contributed by atoms with Gasteiger partial charge in [0.05, 0.1) is 59.3 Å². The van der Waals surface area contributed by atoms with Crippen molar-refractivity contribution in [2.24, 2.45) is 0 Å². The summed E-state index contributed by atoms with van der Waals surface area (Å²) in [4.78, 5) is 23.4. The Morgan fingerprint density at radius 3 is 1.81 bits per heavy atom. The summed E-state index contributed by atoms with van der Waals surface area (Å²) < 4.78 is 27.8. The zero-order valence-electron chi connectivity index (χ0n) is 18.6. The van der Waals surface area contributed by atoms with Crippen molar-refractivity contribution in [1.82, 2.24) is 5.32 Å². The summed E-state index contributed by atoms with van der Waals surface area (Å²) in [6.07, 6.45) is 0.232. The van der Waals surface area contributed by atoms with Crippen LogP contribution in [0.1, 0.15) is 37.6 Å². The van der Waals surface area contributed by atoms with Crippen LogP contribution in [0.2, 0.25) is 0 Å². The van der Waals surface area contributed by atoms with Crippen molar-refractivity contribution in [2.75, 3.05) is 59.4 Å². The summed E-state index contributed by atoms with van der Waals surface area (Å²) in [5, 5.41) is 2.81. The highest BCUT2D eigenvalue weighted by molar-refractivity contribution is 14.1. The molecule has 1 amide bonds. The van der Waals surface area contributed by atoms with Crippen LogP contribution in [0.3, 0.4) is 0 Å². The molecule has 1 aromatic rings. The first kappa shape index (κ1) is 27.8. The molecule has 0 unspecified atom stereocenters. The zero-order valence-corrected chi connectivity index (χ0v) is 20.8. The number of hydrogen-bond donors (Lipinski definition) is 1. The monoisotopic (exact) mass is 551 g/mol. The Morgan fingerprint density at radius 1 is 0.806 bits per heavy atom. The molecule has 0 saturated carbocycles. The highest BCUT2D eigenvalue weighted by Crippen LogP contribution is 2.08. The molecule has 1 rings (SSSR count). The van der Waals surface area contributed by atoms with Gasteiger partial charge in [-0.05, 0) is 67.6 Å². The third-order valence-corrected chi connectivity index (χ3v) is 4.34. The number of halogens is 1. The average molecular weight is 551 g/mol. The van der Waals surface area contributed by atoms with Crippen LogP contribution in [0.5, 0.6) is 0 Å². The Morgan fingerprint density at radius 2 is 1.29 bits per heavy atom. The van der Waals surface area contributed by atoms with Gasteiger partial charge in [-0.1, -0.05) is 0 Å². The molecular formula is C22H34INO7. The lowest BCUT2D eigenvalue weighted by Gasteiger charge is -2.19. The summed E-state index contributed by atoms with van der Waals surface area (Å²) in [6.45, 7) is 9.38. The van der Waals surface area contributed by atoms with E-state index in [0.717, 1.165) is 3.57 Å². The third kappa shape index (κ3) is 16.1. The van der Waals surface area contributed by atoms with Gasteiger partial charge in [-0.2, -0.15) is 0 Å². The molecule has 0 radical (unpaired) electrons. The molecule has 9 heteroatoms. The van der Waals surface area contributed by atoms with Gasteiger partial charge in [-0.3, -0.25) is 9.59 Å². The van der Waals surface area contributed by atoms with Crippen LogP contribution < -0.4 is 5.32 Å². The van der Waals surface area contributed by atoms with E-state index in [9.17, 15) is 9.59 Å². The molecule has 1 N–H and O–H groups in total. The number of ether oxygens (including phenoxy) is 5. The first-order valence-corrected chi connectivity index (χ1v) is 11.4. The number of amides is 1. The van der Waals surface area contributed by atoms with Crippen LogP contribution in [0.25, 0.3) is 0 Å². The molecule has 0 aliphatic carbocycles. The van der Waals surface area contributed by atoms with Crippen molar-refractivity contribution < 1.29 is 33.3 Å². The van der Waals surface area contributed by atoms with Gasteiger partial charge in [0.2, 0.25) is 0 Å². The maximum atomic E-state index is 11.9. The van der Waals surface area contributed by atoms with Crippen LogP contribution >= 0.6 is 22.6 Å². The first-order chi connectivity index (χ1) is 14.8. The quantitative estimate of drug-likeness (QED) is 0.192. The largest absolute Gasteiger partial charge is 0.460 e. The fourth-order valence-corrected chi connectivity index (χ4v) is 2.61. The second-order valence-electron chi connectivity index (χ2n) is 7.55. The lowest BCUT2D eigenvalue weighted by Crippen LogP contribution is -2.27. The smallest absolute Gasteiger partial charge is 0.308 e. The second kappa shape index (κ2) is 16.4. The number of carbonyl (C=O) groups is 2. The molecule has 0 saturated heterocycles. The molecule has 0 atom stereocenters.